The Bertz CT molecular complexity index is 843. The van der Waals surface area contributed by atoms with E-state index in [-0.39, 0.29) is 0 Å². The normalized spacial score (nSPS) is 10.6. The summed E-state index contributed by atoms with van der Waals surface area (Å²) in [6.07, 6.45) is 0. The molecule has 0 unspecified atom stereocenters. The second-order valence-electron chi connectivity index (χ2n) is 5.01. The third-order valence-corrected chi connectivity index (χ3v) is 3.68. The predicted molar refractivity (Wildman–Crippen MR) is 87.4 cm³/mol. The van der Waals surface area contributed by atoms with Gasteiger partial charge in [0.15, 0.2) is 0 Å². The first-order valence-electron chi connectivity index (χ1n) is 7.05. The molecule has 0 aliphatic heterocycles. The number of benzene rings is 2. The number of nitrogen functional groups attached to an aromatic ring is 1. The van der Waals surface area contributed by atoms with Crippen molar-refractivity contribution < 1.29 is 14.0 Å². The highest BCUT2D eigenvalue weighted by atomic mass is 16.5. The lowest BCUT2D eigenvalue weighted by Crippen LogP contribution is -1.93. The molecule has 2 N–H and O–H groups in total. The molecule has 6 nitrogen and oxygen atoms in total. The molecule has 0 spiro atoms. The van der Waals surface area contributed by atoms with E-state index in [4.69, 9.17) is 19.7 Å². The molecule has 0 radical (unpaired) electrons. The molecule has 1 aromatic heterocycles. The number of hydrogen-bond acceptors (Lipinski definition) is 6. The van der Waals surface area contributed by atoms with E-state index in [0.29, 0.717) is 34.5 Å². The molecular formula is C17H17N3O3. The Morgan fingerprint density at radius 1 is 1.04 bits per heavy atom. The lowest BCUT2D eigenvalue weighted by atomic mass is 10.1. The molecule has 0 bridgehead atoms. The van der Waals surface area contributed by atoms with Crippen LogP contribution in [0.15, 0.2) is 40.9 Å². The smallest absolute Gasteiger partial charge is 0.262 e. The minimum atomic E-state index is 0.376. The van der Waals surface area contributed by atoms with Crippen molar-refractivity contribution in [2.75, 3.05) is 20.0 Å². The average Bonchev–Trinajstić information content (AvgIpc) is 3.06. The third kappa shape index (κ3) is 2.70. The van der Waals surface area contributed by atoms with Gasteiger partial charge in [0.1, 0.15) is 11.5 Å². The van der Waals surface area contributed by atoms with Gasteiger partial charge < -0.3 is 19.7 Å². The van der Waals surface area contributed by atoms with Gasteiger partial charge in [-0.25, -0.2) is 0 Å². The summed E-state index contributed by atoms with van der Waals surface area (Å²) in [5, 5.41) is 4.05. The third-order valence-electron chi connectivity index (χ3n) is 3.68. The number of methoxy groups -OCH3 is 2. The number of rotatable bonds is 4. The molecule has 6 heteroatoms. The maximum Gasteiger partial charge on any atom is 0.262 e. The van der Waals surface area contributed by atoms with Crippen LogP contribution < -0.4 is 15.2 Å². The van der Waals surface area contributed by atoms with Gasteiger partial charge in [-0.05, 0) is 30.7 Å². The summed E-state index contributed by atoms with van der Waals surface area (Å²) in [5.74, 6) is 2.16. The number of nitrogens with two attached hydrogens (primary N) is 1. The minimum absolute atomic E-state index is 0.376. The summed E-state index contributed by atoms with van der Waals surface area (Å²) in [4.78, 5) is 4.46. The molecule has 2 aromatic carbocycles. The average molecular weight is 311 g/mol. The fourth-order valence-electron chi connectivity index (χ4n) is 2.31. The highest BCUT2D eigenvalue weighted by Crippen LogP contribution is 2.34. The van der Waals surface area contributed by atoms with Crippen molar-refractivity contribution in [1.29, 1.82) is 0 Å². The van der Waals surface area contributed by atoms with Crippen LogP contribution in [0, 0.1) is 6.92 Å². The van der Waals surface area contributed by atoms with Crippen LogP contribution in [-0.2, 0) is 0 Å². The van der Waals surface area contributed by atoms with Gasteiger partial charge in [-0.3, -0.25) is 0 Å². The number of ether oxygens (including phenoxy) is 2. The molecule has 1 heterocycles. The van der Waals surface area contributed by atoms with E-state index in [1.54, 1.807) is 20.3 Å². The van der Waals surface area contributed by atoms with Gasteiger partial charge in [-0.15, -0.1) is 0 Å². The fourth-order valence-corrected chi connectivity index (χ4v) is 2.31. The highest BCUT2D eigenvalue weighted by Gasteiger charge is 2.17. The number of anilines is 1. The molecule has 0 fully saturated rings. The Hall–Kier alpha value is -3.02. The van der Waals surface area contributed by atoms with E-state index in [9.17, 15) is 0 Å². The Morgan fingerprint density at radius 3 is 2.61 bits per heavy atom. The molecule has 0 saturated carbocycles. The lowest BCUT2D eigenvalue weighted by molar-refractivity contribution is 0.391. The van der Waals surface area contributed by atoms with Crippen LogP contribution >= 0.6 is 0 Å². The second-order valence-corrected chi connectivity index (χ2v) is 5.01. The van der Waals surface area contributed by atoms with Gasteiger partial charge in [0.2, 0.25) is 5.82 Å². The first-order valence-corrected chi connectivity index (χ1v) is 7.05. The summed E-state index contributed by atoms with van der Waals surface area (Å²) >= 11 is 0. The van der Waals surface area contributed by atoms with Gasteiger partial charge in [0.05, 0.1) is 19.8 Å². The molecule has 0 saturated heterocycles. The van der Waals surface area contributed by atoms with E-state index in [1.807, 2.05) is 37.3 Å². The van der Waals surface area contributed by atoms with Crippen LogP contribution in [-0.4, -0.2) is 24.4 Å². The van der Waals surface area contributed by atoms with Gasteiger partial charge in [0.25, 0.3) is 5.89 Å². The first-order chi connectivity index (χ1) is 11.1. The quantitative estimate of drug-likeness (QED) is 0.744. The summed E-state index contributed by atoms with van der Waals surface area (Å²) in [6.45, 7) is 1.93. The zero-order chi connectivity index (χ0) is 16.4. The monoisotopic (exact) mass is 311 g/mol. The highest BCUT2D eigenvalue weighted by molar-refractivity contribution is 5.70. The molecule has 0 amide bonds. The SMILES string of the molecule is COc1ccc(-c2nc(-c3cccc(N)c3C)no2)c(OC)c1. The number of hydrogen-bond donors (Lipinski definition) is 1. The van der Waals surface area contributed by atoms with Crippen molar-refractivity contribution in [3.05, 3.63) is 42.0 Å². The first kappa shape index (κ1) is 14.9. The van der Waals surface area contributed by atoms with Crippen LogP contribution in [0.25, 0.3) is 22.8 Å². The summed E-state index contributed by atoms with van der Waals surface area (Å²) in [6, 6.07) is 11.0. The van der Waals surface area contributed by atoms with Crippen LogP contribution in [0.1, 0.15) is 5.56 Å². The van der Waals surface area contributed by atoms with Crippen molar-refractivity contribution in [3.8, 4) is 34.3 Å². The standard InChI is InChI=1S/C17H17N3O3/c1-10-12(5-4-6-14(10)18)16-19-17(23-20-16)13-8-7-11(21-2)9-15(13)22-3/h4-9H,18H2,1-3H3. The van der Waals surface area contributed by atoms with Crippen molar-refractivity contribution in [1.82, 2.24) is 10.1 Å². The largest absolute Gasteiger partial charge is 0.497 e. The van der Waals surface area contributed by atoms with E-state index in [1.165, 1.54) is 0 Å². The Balaban J connectivity index is 2.04. The molecular weight excluding hydrogens is 294 g/mol. The van der Waals surface area contributed by atoms with Gasteiger partial charge in [0, 0.05) is 17.3 Å². The number of aromatic nitrogens is 2. The van der Waals surface area contributed by atoms with Gasteiger partial charge in [-0.2, -0.15) is 4.98 Å². The fraction of sp³-hybridized carbons (Fsp3) is 0.176. The molecule has 3 aromatic rings. The predicted octanol–water partition coefficient (Wildman–Crippen LogP) is 3.31. The van der Waals surface area contributed by atoms with Crippen LogP contribution in [0.4, 0.5) is 5.69 Å². The topological polar surface area (TPSA) is 83.4 Å². The van der Waals surface area contributed by atoms with E-state index < -0.39 is 0 Å². The molecule has 0 aliphatic rings. The molecule has 118 valence electrons. The molecule has 0 atom stereocenters. The van der Waals surface area contributed by atoms with Crippen molar-refractivity contribution >= 4 is 5.69 Å². The van der Waals surface area contributed by atoms with Gasteiger partial charge in [-0.1, -0.05) is 17.3 Å². The van der Waals surface area contributed by atoms with E-state index in [2.05, 4.69) is 10.1 Å². The maximum atomic E-state index is 5.93. The Morgan fingerprint density at radius 2 is 1.87 bits per heavy atom. The van der Waals surface area contributed by atoms with E-state index in [0.717, 1.165) is 11.1 Å². The Labute approximate surface area is 133 Å². The zero-order valence-corrected chi connectivity index (χ0v) is 13.2. The number of nitrogens with zero attached hydrogens (tertiary/aromatic N) is 2. The van der Waals surface area contributed by atoms with Crippen LogP contribution in [0.2, 0.25) is 0 Å². The summed E-state index contributed by atoms with van der Waals surface area (Å²) < 4.78 is 16.0. The van der Waals surface area contributed by atoms with Gasteiger partial charge >= 0.3 is 0 Å². The summed E-state index contributed by atoms with van der Waals surface area (Å²) in [7, 11) is 3.18. The van der Waals surface area contributed by atoms with Crippen molar-refractivity contribution in [3.63, 3.8) is 0 Å². The Kier molecular flexibility index (Phi) is 3.89. The maximum absolute atomic E-state index is 5.93. The van der Waals surface area contributed by atoms with Crippen molar-refractivity contribution in [2.45, 2.75) is 6.92 Å². The lowest BCUT2D eigenvalue weighted by Gasteiger charge is -2.07. The second kappa shape index (κ2) is 6.00. The van der Waals surface area contributed by atoms with Crippen molar-refractivity contribution in [2.24, 2.45) is 0 Å². The van der Waals surface area contributed by atoms with Crippen LogP contribution in [0.3, 0.4) is 0 Å². The molecule has 23 heavy (non-hydrogen) atoms. The summed E-state index contributed by atoms with van der Waals surface area (Å²) in [5.41, 5.74) is 9.08. The minimum Gasteiger partial charge on any atom is -0.497 e. The molecule has 3 rings (SSSR count). The molecule has 0 aliphatic carbocycles. The van der Waals surface area contributed by atoms with E-state index >= 15 is 0 Å². The van der Waals surface area contributed by atoms with Crippen LogP contribution in [0.5, 0.6) is 11.5 Å². The zero-order valence-electron chi connectivity index (χ0n) is 13.2.